The maximum Gasteiger partial charge on any atom is 0.242 e. The number of benzene rings is 1. The van der Waals surface area contributed by atoms with Crippen LogP contribution in [0.15, 0.2) is 35.4 Å². The van der Waals surface area contributed by atoms with E-state index in [1.165, 1.54) is 12.1 Å². The zero-order chi connectivity index (χ0) is 23.8. The van der Waals surface area contributed by atoms with Gasteiger partial charge in [-0.15, -0.1) is 0 Å². The molecule has 2 heterocycles. The van der Waals surface area contributed by atoms with Crippen molar-refractivity contribution in [3.05, 3.63) is 47.4 Å². The number of alkyl halides is 2. The van der Waals surface area contributed by atoms with E-state index in [2.05, 4.69) is 11.1 Å². The van der Waals surface area contributed by atoms with Crippen LogP contribution in [0.3, 0.4) is 0 Å². The number of hydrogen-bond donors (Lipinski definition) is 1. The quantitative estimate of drug-likeness (QED) is 0.534. The third-order valence-corrected chi connectivity index (χ3v) is 7.59. The van der Waals surface area contributed by atoms with Crippen LogP contribution in [0.2, 0.25) is 0 Å². The molecule has 0 bridgehead atoms. The van der Waals surface area contributed by atoms with Gasteiger partial charge in [0.2, 0.25) is 10.0 Å². The van der Waals surface area contributed by atoms with E-state index < -0.39 is 35.2 Å². The van der Waals surface area contributed by atoms with Crippen molar-refractivity contribution in [2.24, 2.45) is 0 Å². The molecule has 0 unspecified atom stereocenters. The molecule has 10 heteroatoms. The van der Waals surface area contributed by atoms with Crippen LogP contribution < -0.4 is 4.72 Å². The molecule has 6 nitrogen and oxygen atoms in total. The SMILES string of the molecule is Cc1ccc2c(C#N)c(-c3ccc(S(=O)(=O)NC(CF)CF)cn3)n(C3CCCC3)c2c1F. The summed E-state index contributed by atoms with van der Waals surface area (Å²) in [6.07, 6.45) is 4.71. The Morgan fingerprint density at radius 3 is 2.48 bits per heavy atom. The maximum absolute atomic E-state index is 15.3. The van der Waals surface area contributed by atoms with Gasteiger partial charge in [0.1, 0.15) is 30.1 Å². The Kier molecular flexibility index (Phi) is 6.45. The van der Waals surface area contributed by atoms with Crippen molar-refractivity contribution < 1.29 is 21.6 Å². The van der Waals surface area contributed by atoms with Crippen LogP contribution >= 0.6 is 0 Å². The van der Waals surface area contributed by atoms with Gasteiger partial charge in [-0.05, 0) is 37.5 Å². The van der Waals surface area contributed by atoms with Crippen molar-refractivity contribution in [3.8, 4) is 17.5 Å². The number of pyridine rings is 1. The molecule has 1 N–H and O–H groups in total. The average Bonchev–Trinajstić information content (AvgIpc) is 3.46. The third kappa shape index (κ3) is 4.11. The van der Waals surface area contributed by atoms with Gasteiger partial charge in [-0.3, -0.25) is 4.98 Å². The maximum atomic E-state index is 15.3. The lowest BCUT2D eigenvalue weighted by Gasteiger charge is -2.18. The van der Waals surface area contributed by atoms with Crippen LogP contribution in [0.5, 0.6) is 0 Å². The van der Waals surface area contributed by atoms with Crippen molar-refractivity contribution in [1.82, 2.24) is 14.3 Å². The summed E-state index contributed by atoms with van der Waals surface area (Å²) in [6, 6.07) is 6.72. The summed E-state index contributed by atoms with van der Waals surface area (Å²) in [5, 5.41) is 10.4. The van der Waals surface area contributed by atoms with Crippen LogP contribution in [-0.2, 0) is 10.0 Å². The highest BCUT2D eigenvalue weighted by Crippen LogP contribution is 2.42. The van der Waals surface area contributed by atoms with E-state index in [4.69, 9.17) is 0 Å². The molecular weight excluding hydrogens is 453 g/mol. The summed E-state index contributed by atoms with van der Waals surface area (Å²) >= 11 is 0. The van der Waals surface area contributed by atoms with E-state index in [1.807, 2.05) is 9.29 Å². The zero-order valence-corrected chi connectivity index (χ0v) is 18.8. The molecule has 1 fully saturated rings. The first-order valence-electron chi connectivity index (χ1n) is 10.7. The predicted molar refractivity (Wildman–Crippen MR) is 118 cm³/mol. The van der Waals surface area contributed by atoms with Crippen LogP contribution in [0.4, 0.5) is 13.2 Å². The predicted octanol–water partition coefficient (Wildman–Crippen LogP) is 4.72. The minimum absolute atomic E-state index is 0.0114. The topological polar surface area (TPSA) is 87.8 Å². The van der Waals surface area contributed by atoms with Gasteiger partial charge in [0.15, 0.2) is 0 Å². The van der Waals surface area contributed by atoms with Gasteiger partial charge < -0.3 is 4.57 Å². The summed E-state index contributed by atoms with van der Waals surface area (Å²) in [6.45, 7) is -0.696. The Morgan fingerprint density at radius 2 is 1.91 bits per heavy atom. The van der Waals surface area contributed by atoms with Crippen LogP contribution in [0, 0.1) is 24.1 Å². The molecule has 3 aromatic rings. The molecule has 1 aromatic carbocycles. The minimum atomic E-state index is -4.19. The molecule has 0 saturated heterocycles. The molecule has 4 rings (SSSR count). The van der Waals surface area contributed by atoms with E-state index in [-0.39, 0.29) is 16.5 Å². The molecule has 2 aromatic heterocycles. The van der Waals surface area contributed by atoms with Crippen LogP contribution in [-0.4, -0.2) is 37.4 Å². The summed E-state index contributed by atoms with van der Waals surface area (Å²) in [4.78, 5) is 4.00. The van der Waals surface area contributed by atoms with E-state index in [0.717, 1.165) is 31.9 Å². The number of aryl methyl sites for hydroxylation is 1. The molecule has 0 radical (unpaired) electrons. The van der Waals surface area contributed by atoms with Gasteiger partial charge in [0, 0.05) is 17.6 Å². The molecular formula is C23H23F3N4O2S. The first kappa shape index (κ1) is 23.3. The molecule has 174 valence electrons. The second-order valence-corrected chi connectivity index (χ2v) is 9.96. The second-order valence-electron chi connectivity index (χ2n) is 8.24. The molecule has 1 aliphatic carbocycles. The number of hydrogen-bond acceptors (Lipinski definition) is 4. The molecule has 33 heavy (non-hydrogen) atoms. The Labute approximate surface area is 190 Å². The number of fused-ring (bicyclic) bond motifs is 1. The monoisotopic (exact) mass is 476 g/mol. The summed E-state index contributed by atoms with van der Waals surface area (Å²) in [5.74, 6) is -0.394. The fourth-order valence-corrected chi connectivity index (χ4v) is 5.57. The number of rotatable bonds is 7. The van der Waals surface area contributed by atoms with Gasteiger partial charge in [0.05, 0.1) is 28.5 Å². The number of halogens is 3. The van der Waals surface area contributed by atoms with Gasteiger partial charge in [-0.2, -0.15) is 5.26 Å². The first-order valence-corrected chi connectivity index (χ1v) is 12.1. The standard InChI is InChI=1S/C23H23F3N4O2S/c1-14-6-8-18-19(12-27)22(30(23(18)21(14)26)16-4-2-3-5-16)20-9-7-17(13-28-20)33(31,32)29-15(10-24)11-25/h6-9,13,15-16,29H,2-5,10-11H2,1H3. The van der Waals surface area contributed by atoms with Crippen molar-refractivity contribution in [3.63, 3.8) is 0 Å². The number of sulfonamides is 1. The Hall–Kier alpha value is -2.90. The Bertz CT molecular complexity index is 1320. The lowest BCUT2D eigenvalue weighted by molar-refractivity contribution is 0.334. The van der Waals surface area contributed by atoms with E-state index >= 15 is 4.39 Å². The first-order chi connectivity index (χ1) is 15.8. The number of aromatic nitrogens is 2. The van der Waals surface area contributed by atoms with Crippen molar-refractivity contribution >= 4 is 20.9 Å². The molecule has 0 amide bonds. The summed E-state index contributed by atoms with van der Waals surface area (Å²) in [5.41, 5.74) is 1.84. The zero-order valence-electron chi connectivity index (χ0n) is 18.0. The minimum Gasteiger partial charge on any atom is -0.333 e. The van der Waals surface area contributed by atoms with E-state index in [1.54, 1.807) is 19.1 Å². The number of nitriles is 1. The Balaban J connectivity index is 1.87. The largest absolute Gasteiger partial charge is 0.333 e. The lowest BCUT2D eigenvalue weighted by Crippen LogP contribution is -2.37. The highest BCUT2D eigenvalue weighted by atomic mass is 32.2. The van der Waals surface area contributed by atoms with E-state index in [0.29, 0.717) is 27.9 Å². The fraction of sp³-hybridized carbons (Fsp3) is 0.391. The van der Waals surface area contributed by atoms with Gasteiger partial charge in [-0.25, -0.2) is 26.3 Å². The lowest BCUT2D eigenvalue weighted by atomic mass is 10.1. The van der Waals surface area contributed by atoms with Crippen molar-refractivity contribution in [1.29, 1.82) is 5.26 Å². The average molecular weight is 477 g/mol. The van der Waals surface area contributed by atoms with Gasteiger partial charge >= 0.3 is 0 Å². The summed E-state index contributed by atoms with van der Waals surface area (Å²) in [7, 11) is -4.19. The van der Waals surface area contributed by atoms with Crippen molar-refractivity contribution in [2.45, 2.75) is 49.6 Å². The molecule has 1 aliphatic rings. The Morgan fingerprint density at radius 1 is 1.21 bits per heavy atom. The second kappa shape index (κ2) is 9.15. The smallest absolute Gasteiger partial charge is 0.242 e. The van der Waals surface area contributed by atoms with E-state index in [9.17, 15) is 22.5 Å². The molecule has 1 saturated carbocycles. The highest BCUT2D eigenvalue weighted by Gasteiger charge is 2.29. The van der Waals surface area contributed by atoms with Crippen LogP contribution in [0.1, 0.15) is 42.9 Å². The normalized spacial score (nSPS) is 14.9. The van der Waals surface area contributed by atoms with Gasteiger partial charge in [0.25, 0.3) is 0 Å². The van der Waals surface area contributed by atoms with Crippen LogP contribution in [0.25, 0.3) is 22.3 Å². The fourth-order valence-electron chi connectivity index (χ4n) is 4.43. The third-order valence-electron chi connectivity index (χ3n) is 6.08. The number of nitrogens with zero attached hydrogens (tertiary/aromatic N) is 3. The number of nitrogens with one attached hydrogen (secondary N) is 1. The molecule has 0 aliphatic heterocycles. The summed E-state index contributed by atoms with van der Waals surface area (Å²) < 4.78 is 69.5. The highest BCUT2D eigenvalue weighted by molar-refractivity contribution is 7.89. The molecule has 0 atom stereocenters. The van der Waals surface area contributed by atoms with Gasteiger partial charge in [-0.1, -0.05) is 25.0 Å². The van der Waals surface area contributed by atoms with Crippen molar-refractivity contribution in [2.75, 3.05) is 13.3 Å². The molecule has 0 spiro atoms.